The van der Waals surface area contributed by atoms with Crippen LogP contribution < -0.4 is 10.1 Å². The van der Waals surface area contributed by atoms with E-state index in [9.17, 15) is 0 Å². The lowest BCUT2D eigenvalue weighted by molar-refractivity contribution is 0.340. The van der Waals surface area contributed by atoms with Crippen LogP contribution >= 0.6 is 0 Å². The molecule has 0 amide bonds. The summed E-state index contributed by atoms with van der Waals surface area (Å²) in [5.41, 5.74) is 3.75. The fraction of sp³-hybridized carbons (Fsp3) is 0.467. The maximum absolute atomic E-state index is 5.58. The number of aromatic amines is 1. The second kappa shape index (κ2) is 5.44. The molecule has 0 fully saturated rings. The van der Waals surface area contributed by atoms with Crippen LogP contribution in [0.15, 0.2) is 18.2 Å². The molecular weight excluding hydrogens is 224 g/mol. The van der Waals surface area contributed by atoms with Crippen LogP contribution in [0.5, 0.6) is 5.75 Å². The predicted octanol–water partition coefficient (Wildman–Crippen LogP) is 3.55. The smallest absolute Gasteiger partial charge is 0.120 e. The standard InChI is InChI=1S/C15H22N2O/c1-5-16-10(3)15-11(4)17-14-8-7-12(18-6-2)9-13(14)15/h7-10,16-17H,5-6H2,1-4H3. The monoisotopic (exact) mass is 246 g/mol. The van der Waals surface area contributed by atoms with Gasteiger partial charge in [0, 0.05) is 22.6 Å². The first-order valence-electron chi connectivity index (χ1n) is 6.65. The van der Waals surface area contributed by atoms with Crippen molar-refractivity contribution >= 4 is 10.9 Å². The maximum atomic E-state index is 5.58. The van der Waals surface area contributed by atoms with E-state index in [2.05, 4.69) is 43.2 Å². The minimum atomic E-state index is 0.348. The lowest BCUT2D eigenvalue weighted by Crippen LogP contribution is -2.18. The van der Waals surface area contributed by atoms with Crippen molar-refractivity contribution in [2.75, 3.05) is 13.2 Å². The number of aryl methyl sites for hydroxylation is 1. The van der Waals surface area contributed by atoms with Gasteiger partial charge in [0.1, 0.15) is 5.75 Å². The van der Waals surface area contributed by atoms with Gasteiger partial charge in [-0.3, -0.25) is 0 Å². The molecule has 0 radical (unpaired) electrons. The summed E-state index contributed by atoms with van der Waals surface area (Å²) in [6, 6.07) is 6.59. The van der Waals surface area contributed by atoms with E-state index >= 15 is 0 Å². The Kier molecular flexibility index (Phi) is 3.92. The zero-order valence-corrected chi connectivity index (χ0v) is 11.6. The van der Waals surface area contributed by atoms with Crippen LogP contribution in [0, 0.1) is 6.92 Å². The van der Waals surface area contributed by atoms with Crippen molar-refractivity contribution in [3.8, 4) is 5.75 Å². The summed E-state index contributed by atoms with van der Waals surface area (Å²) in [4.78, 5) is 3.44. The number of hydrogen-bond acceptors (Lipinski definition) is 2. The van der Waals surface area contributed by atoms with Gasteiger partial charge in [-0.15, -0.1) is 0 Å². The van der Waals surface area contributed by atoms with E-state index in [4.69, 9.17) is 4.74 Å². The van der Waals surface area contributed by atoms with Gasteiger partial charge in [0.15, 0.2) is 0 Å². The molecule has 0 aliphatic heterocycles. The first-order chi connectivity index (χ1) is 8.67. The Balaban J connectivity index is 2.49. The molecule has 2 rings (SSSR count). The molecule has 1 heterocycles. The van der Waals surface area contributed by atoms with E-state index in [1.54, 1.807) is 0 Å². The van der Waals surface area contributed by atoms with Gasteiger partial charge >= 0.3 is 0 Å². The van der Waals surface area contributed by atoms with E-state index < -0.39 is 0 Å². The first-order valence-corrected chi connectivity index (χ1v) is 6.65. The molecular formula is C15H22N2O. The summed E-state index contributed by atoms with van der Waals surface area (Å²) in [6.07, 6.45) is 0. The highest BCUT2D eigenvalue weighted by molar-refractivity contribution is 5.86. The lowest BCUT2D eigenvalue weighted by atomic mass is 10.0. The molecule has 0 saturated heterocycles. The van der Waals surface area contributed by atoms with Crippen LogP contribution in [0.1, 0.15) is 38.1 Å². The summed E-state index contributed by atoms with van der Waals surface area (Å²) in [6.45, 7) is 10.1. The minimum Gasteiger partial charge on any atom is -0.494 e. The van der Waals surface area contributed by atoms with Gasteiger partial charge in [0.05, 0.1) is 6.61 Å². The SMILES string of the molecule is CCNC(C)c1c(C)[nH]c2ccc(OCC)cc12. The molecule has 98 valence electrons. The predicted molar refractivity (Wildman–Crippen MR) is 76.3 cm³/mol. The Labute approximate surface area is 109 Å². The fourth-order valence-electron chi connectivity index (χ4n) is 2.55. The zero-order valence-electron chi connectivity index (χ0n) is 11.6. The summed E-state index contributed by atoms with van der Waals surface area (Å²) < 4.78 is 5.58. The molecule has 3 nitrogen and oxygen atoms in total. The Morgan fingerprint density at radius 2 is 2.11 bits per heavy atom. The number of aromatic nitrogens is 1. The molecule has 0 saturated carbocycles. The molecule has 3 heteroatoms. The quantitative estimate of drug-likeness (QED) is 0.846. The van der Waals surface area contributed by atoms with Gasteiger partial charge < -0.3 is 15.0 Å². The van der Waals surface area contributed by atoms with Crippen LogP contribution in [0.3, 0.4) is 0 Å². The highest BCUT2D eigenvalue weighted by Crippen LogP contribution is 2.30. The molecule has 1 unspecified atom stereocenters. The summed E-state index contributed by atoms with van der Waals surface area (Å²) in [5, 5.41) is 4.73. The Hall–Kier alpha value is -1.48. The van der Waals surface area contributed by atoms with Crippen molar-refractivity contribution in [1.29, 1.82) is 0 Å². The zero-order chi connectivity index (χ0) is 13.1. The van der Waals surface area contributed by atoms with Crippen LogP contribution in [0.25, 0.3) is 10.9 Å². The van der Waals surface area contributed by atoms with Crippen LogP contribution in [-0.4, -0.2) is 18.1 Å². The van der Waals surface area contributed by atoms with Crippen LogP contribution in [0.4, 0.5) is 0 Å². The van der Waals surface area contributed by atoms with E-state index in [-0.39, 0.29) is 0 Å². The van der Waals surface area contributed by atoms with Gasteiger partial charge in [0.2, 0.25) is 0 Å². The van der Waals surface area contributed by atoms with Gasteiger partial charge in [0.25, 0.3) is 0 Å². The number of ether oxygens (including phenoxy) is 1. The molecule has 1 aromatic carbocycles. The van der Waals surface area contributed by atoms with Crippen molar-refractivity contribution in [3.63, 3.8) is 0 Å². The van der Waals surface area contributed by atoms with Gasteiger partial charge in [-0.05, 0) is 51.1 Å². The summed E-state index contributed by atoms with van der Waals surface area (Å²) in [5.74, 6) is 0.939. The number of nitrogens with one attached hydrogen (secondary N) is 2. The third kappa shape index (κ3) is 2.36. The van der Waals surface area contributed by atoms with Crippen LogP contribution in [-0.2, 0) is 0 Å². The number of H-pyrrole nitrogens is 1. The maximum Gasteiger partial charge on any atom is 0.120 e. The molecule has 2 aromatic rings. The molecule has 0 bridgehead atoms. The molecule has 18 heavy (non-hydrogen) atoms. The molecule has 0 spiro atoms. The molecule has 0 aliphatic carbocycles. The molecule has 2 N–H and O–H groups in total. The highest BCUT2D eigenvalue weighted by atomic mass is 16.5. The number of rotatable bonds is 5. The molecule has 1 aromatic heterocycles. The lowest BCUT2D eigenvalue weighted by Gasteiger charge is -2.13. The van der Waals surface area contributed by atoms with Crippen molar-refractivity contribution in [3.05, 3.63) is 29.5 Å². The van der Waals surface area contributed by atoms with Crippen molar-refractivity contribution in [2.45, 2.75) is 33.7 Å². The Morgan fingerprint density at radius 1 is 1.33 bits per heavy atom. The minimum absolute atomic E-state index is 0.348. The first kappa shape index (κ1) is 13.0. The topological polar surface area (TPSA) is 37.0 Å². The van der Waals surface area contributed by atoms with E-state index in [1.165, 1.54) is 22.2 Å². The second-order valence-corrected chi connectivity index (χ2v) is 4.58. The average molecular weight is 246 g/mol. The average Bonchev–Trinajstić information content (AvgIpc) is 2.65. The van der Waals surface area contributed by atoms with Crippen LogP contribution in [0.2, 0.25) is 0 Å². The number of benzene rings is 1. The van der Waals surface area contributed by atoms with Crippen molar-refractivity contribution in [2.24, 2.45) is 0 Å². The largest absolute Gasteiger partial charge is 0.494 e. The summed E-state index contributed by atoms with van der Waals surface area (Å²) in [7, 11) is 0. The third-order valence-corrected chi connectivity index (χ3v) is 3.26. The Bertz CT molecular complexity index is 531. The third-order valence-electron chi connectivity index (χ3n) is 3.26. The second-order valence-electron chi connectivity index (χ2n) is 4.58. The van der Waals surface area contributed by atoms with Gasteiger partial charge in [-0.1, -0.05) is 6.92 Å². The highest BCUT2D eigenvalue weighted by Gasteiger charge is 2.14. The van der Waals surface area contributed by atoms with Gasteiger partial charge in [-0.25, -0.2) is 0 Å². The number of fused-ring (bicyclic) bond motifs is 1. The van der Waals surface area contributed by atoms with E-state index in [1.807, 2.05) is 13.0 Å². The fourth-order valence-corrected chi connectivity index (χ4v) is 2.55. The normalized spacial score (nSPS) is 12.9. The van der Waals surface area contributed by atoms with E-state index in [0.717, 1.165) is 12.3 Å². The summed E-state index contributed by atoms with van der Waals surface area (Å²) >= 11 is 0. The van der Waals surface area contributed by atoms with E-state index in [0.29, 0.717) is 12.6 Å². The number of hydrogen-bond donors (Lipinski definition) is 2. The van der Waals surface area contributed by atoms with Crippen molar-refractivity contribution in [1.82, 2.24) is 10.3 Å². The van der Waals surface area contributed by atoms with Gasteiger partial charge in [-0.2, -0.15) is 0 Å². The van der Waals surface area contributed by atoms with Crippen molar-refractivity contribution < 1.29 is 4.74 Å². The molecule has 1 atom stereocenters. The Morgan fingerprint density at radius 3 is 2.78 bits per heavy atom. The molecule has 0 aliphatic rings.